The second-order valence-electron chi connectivity index (χ2n) is 5.53. The van der Waals surface area contributed by atoms with E-state index >= 15 is 0 Å². The molecule has 1 aliphatic heterocycles. The van der Waals surface area contributed by atoms with Crippen LogP contribution in [0.1, 0.15) is 22.3 Å². The second kappa shape index (κ2) is 8.35. The molecule has 138 valence electrons. The number of fused-ring (bicyclic) bond motifs is 1. The van der Waals surface area contributed by atoms with Crippen molar-refractivity contribution < 1.29 is 27.8 Å². The zero-order valence-corrected chi connectivity index (χ0v) is 15.2. The maximum Gasteiger partial charge on any atom is 0.387 e. The molecule has 2 aromatic carbocycles. The van der Waals surface area contributed by atoms with Crippen LogP contribution in [0.2, 0.25) is 0 Å². The minimum atomic E-state index is -2.94. The lowest BCUT2D eigenvalue weighted by Gasteiger charge is -2.13. The van der Waals surface area contributed by atoms with E-state index in [-0.39, 0.29) is 18.2 Å². The van der Waals surface area contributed by atoms with Crippen LogP contribution in [0.15, 0.2) is 40.9 Å². The number of alkyl halides is 2. The molecule has 0 bridgehead atoms. The molecular weight excluding hydrogens is 412 g/mol. The largest absolute Gasteiger partial charge is 0.490 e. The van der Waals surface area contributed by atoms with Crippen molar-refractivity contribution >= 4 is 21.8 Å². The summed E-state index contributed by atoms with van der Waals surface area (Å²) >= 11 is 3.28. The van der Waals surface area contributed by atoms with Gasteiger partial charge in [0.1, 0.15) is 5.75 Å². The minimum Gasteiger partial charge on any atom is -0.490 e. The van der Waals surface area contributed by atoms with Gasteiger partial charge >= 0.3 is 6.61 Å². The highest BCUT2D eigenvalue weighted by Gasteiger charge is 2.15. The molecule has 3 rings (SSSR count). The van der Waals surface area contributed by atoms with Crippen LogP contribution in [0, 0.1) is 0 Å². The van der Waals surface area contributed by atoms with E-state index in [1.165, 1.54) is 6.07 Å². The summed E-state index contributed by atoms with van der Waals surface area (Å²) in [7, 11) is 0. The van der Waals surface area contributed by atoms with E-state index in [9.17, 15) is 13.6 Å². The average molecular weight is 428 g/mol. The van der Waals surface area contributed by atoms with Crippen LogP contribution in [0.5, 0.6) is 17.2 Å². The molecule has 0 atom stereocenters. The molecule has 0 saturated carbocycles. The number of halogens is 3. The molecule has 0 unspecified atom stereocenters. The number of carbonyl (C=O) groups excluding carboxylic acids is 1. The van der Waals surface area contributed by atoms with Crippen molar-refractivity contribution in [2.24, 2.45) is 0 Å². The summed E-state index contributed by atoms with van der Waals surface area (Å²) in [4.78, 5) is 12.4. The molecule has 8 heteroatoms. The Morgan fingerprint density at radius 2 is 1.92 bits per heavy atom. The van der Waals surface area contributed by atoms with Gasteiger partial charge in [-0.3, -0.25) is 4.79 Å². The number of benzene rings is 2. The van der Waals surface area contributed by atoms with Gasteiger partial charge < -0.3 is 19.5 Å². The van der Waals surface area contributed by atoms with Gasteiger partial charge in [0.25, 0.3) is 5.91 Å². The van der Waals surface area contributed by atoms with Crippen molar-refractivity contribution in [2.75, 3.05) is 13.2 Å². The van der Waals surface area contributed by atoms with E-state index in [2.05, 4.69) is 26.0 Å². The number of carbonyl (C=O) groups is 1. The first-order valence-electron chi connectivity index (χ1n) is 7.94. The summed E-state index contributed by atoms with van der Waals surface area (Å²) in [6, 6.07) is 9.54. The predicted molar refractivity (Wildman–Crippen MR) is 94.0 cm³/mol. The smallest absolute Gasteiger partial charge is 0.387 e. The molecule has 1 amide bonds. The Hall–Kier alpha value is -2.35. The Labute approximate surface area is 157 Å². The zero-order chi connectivity index (χ0) is 18.5. The molecule has 0 radical (unpaired) electrons. The van der Waals surface area contributed by atoms with E-state index in [0.717, 1.165) is 6.42 Å². The SMILES string of the molecule is O=C(NCc1cc(Br)ccc1OC(F)F)c1ccc2c(c1)OCCCO2. The van der Waals surface area contributed by atoms with Gasteiger partial charge in [-0.25, -0.2) is 0 Å². The number of rotatable bonds is 5. The molecule has 0 spiro atoms. The van der Waals surface area contributed by atoms with Gasteiger partial charge in [0, 0.05) is 28.6 Å². The van der Waals surface area contributed by atoms with Crippen molar-refractivity contribution in [1.29, 1.82) is 0 Å². The molecule has 1 N–H and O–H groups in total. The van der Waals surface area contributed by atoms with E-state index in [4.69, 9.17) is 9.47 Å². The molecule has 0 aliphatic carbocycles. The number of ether oxygens (including phenoxy) is 3. The highest BCUT2D eigenvalue weighted by molar-refractivity contribution is 9.10. The quantitative estimate of drug-likeness (QED) is 0.778. The van der Waals surface area contributed by atoms with E-state index in [0.29, 0.717) is 40.3 Å². The summed E-state index contributed by atoms with van der Waals surface area (Å²) in [6.45, 7) is -1.82. The van der Waals surface area contributed by atoms with Gasteiger partial charge in [0.2, 0.25) is 0 Å². The number of amides is 1. The molecule has 5 nitrogen and oxygen atoms in total. The van der Waals surface area contributed by atoms with Gasteiger partial charge in [-0.1, -0.05) is 15.9 Å². The fraction of sp³-hybridized carbons (Fsp3) is 0.278. The Balaban J connectivity index is 1.71. The lowest BCUT2D eigenvalue weighted by atomic mass is 10.1. The molecule has 0 fully saturated rings. The Bertz CT molecular complexity index is 801. The molecule has 2 aromatic rings. The lowest BCUT2D eigenvalue weighted by molar-refractivity contribution is -0.0504. The molecule has 0 aromatic heterocycles. The normalized spacial score (nSPS) is 13.2. The maximum atomic E-state index is 12.5. The Kier molecular flexibility index (Phi) is 5.92. The molecule has 0 saturated heterocycles. The number of hydrogen-bond acceptors (Lipinski definition) is 4. The van der Waals surface area contributed by atoms with Gasteiger partial charge in [-0.2, -0.15) is 8.78 Å². The minimum absolute atomic E-state index is 0.0159. The van der Waals surface area contributed by atoms with Crippen LogP contribution in [-0.4, -0.2) is 25.7 Å². The number of hydrogen-bond donors (Lipinski definition) is 1. The van der Waals surface area contributed by atoms with Crippen LogP contribution in [-0.2, 0) is 6.54 Å². The van der Waals surface area contributed by atoms with Crippen molar-refractivity contribution in [3.8, 4) is 17.2 Å². The van der Waals surface area contributed by atoms with Gasteiger partial charge in [0.05, 0.1) is 13.2 Å². The monoisotopic (exact) mass is 427 g/mol. The predicted octanol–water partition coefficient (Wildman–Crippen LogP) is 4.14. The third-order valence-corrected chi connectivity index (χ3v) is 4.18. The first-order chi connectivity index (χ1) is 12.5. The Morgan fingerprint density at radius 1 is 1.15 bits per heavy atom. The molecular formula is C18H16BrF2NO4. The summed E-state index contributed by atoms with van der Waals surface area (Å²) in [5, 5.41) is 2.70. The highest BCUT2D eigenvalue weighted by atomic mass is 79.9. The first-order valence-corrected chi connectivity index (χ1v) is 8.73. The third kappa shape index (κ3) is 4.63. The van der Waals surface area contributed by atoms with Crippen molar-refractivity contribution in [3.63, 3.8) is 0 Å². The lowest BCUT2D eigenvalue weighted by Crippen LogP contribution is -2.23. The Morgan fingerprint density at radius 3 is 2.69 bits per heavy atom. The fourth-order valence-electron chi connectivity index (χ4n) is 2.48. The van der Waals surface area contributed by atoms with Crippen LogP contribution in [0.4, 0.5) is 8.78 Å². The zero-order valence-electron chi connectivity index (χ0n) is 13.6. The third-order valence-electron chi connectivity index (χ3n) is 3.69. The summed E-state index contributed by atoms with van der Waals surface area (Å²) in [6.07, 6.45) is 0.770. The van der Waals surface area contributed by atoms with E-state index in [1.54, 1.807) is 30.3 Å². The van der Waals surface area contributed by atoms with Gasteiger partial charge in [0.15, 0.2) is 11.5 Å². The van der Waals surface area contributed by atoms with Gasteiger partial charge in [-0.05, 0) is 36.4 Å². The average Bonchev–Trinajstić information content (AvgIpc) is 2.86. The first kappa shape index (κ1) is 18.4. The van der Waals surface area contributed by atoms with E-state index < -0.39 is 6.61 Å². The standard InChI is InChI=1S/C18H16BrF2NO4/c19-13-3-5-14(26-18(20)21)12(8-13)10-22-17(23)11-2-4-15-16(9-11)25-7-1-6-24-15/h2-5,8-9,18H,1,6-7,10H2,(H,22,23). The van der Waals surface area contributed by atoms with Crippen LogP contribution in [0.3, 0.4) is 0 Å². The highest BCUT2D eigenvalue weighted by Crippen LogP contribution is 2.30. The van der Waals surface area contributed by atoms with Crippen LogP contribution < -0.4 is 19.5 Å². The van der Waals surface area contributed by atoms with E-state index in [1.807, 2.05) is 0 Å². The number of nitrogens with one attached hydrogen (secondary N) is 1. The second-order valence-corrected chi connectivity index (χ2v) is 6.44. The molecule has 26 heavy (non-hydrogen) atoms. The van der Waals surface area contributed by atoms with Crippen molar-refractivity contribution in [3.05, 3.63) is 52.0 Å². The summed E-state index contributed by atoms with van der Waals surface area (Å²) < 4.78 is 41.3. The topological polar surface area (TPSA) is 56.8 Å². The molecule has 1 heterocycles. The van der Waals surface area contributed by atoms with Crippen molar-refractivity contribution in [2.45, 2.75) is 19.6 Å². The fourth-order valence-corrected chi connectivity index (χ4v) is 2.89. The van der Waals surface area contributed by atoms with Crippen molar-refractivity contribution in [1.82, 2.24) is 5.32 Å². The maximum absolute atomic E-state index is 12.5. The van der Waals surface area contributed by atoms with Gasteiger partial charge in [-0.15, -0.1) is 0 Å². The summed E-state index contributed by atoms with van der Waals surface area (Å²) in [5.41, 5.74) is 0.822. The van der Waals surface area contributed by atoms with Crippen LogP contribution >= 0.6 is 15.9 Å². The molecule has 1 aliphatic rings. The summed E-state index contributed by atoms with van der Waals surface area (Å²) in [5.74, 6) is 0.767. The van der Waals surface area contributed by atoms with Crippen LogP contribution in [0.25, 0.3) is 0 Å².